The highest BCUT2D eigenvalue weighted by atomic mass is 16.5. The number of hydrogen-bond donors (Lipinski definition) is 3. The van der Waals surface area contributed by atoms with Crippen LogP contribution in [0.1, 0.15) is 60.9 Å². The molecule has 2 amide bonds. The second kappa shape index (κ2) is 12.1. The molecule has 0 bridgehead atoms. The average Bonchev–Trinajstić information content (AvgIpc) is 3.67. The van der Waals surface area contributed by atoms with Crippen LogP contribution < -0.4 is 15.4 Å². The Labute approximate surface area is 196 Å². The first-order valence-electron chi connectivity index (χ1n) is 11.7. The molecule has 0 atom stereocenters. The van der Waals surface area contributed by atoms with Gasteiger partial charge in [0, 0.05) is 18.5 Å². The molecule has 3 N–H and O–H groups in total. The number of para-hydroxylation sites is 1. The number of benzene rings is 2. The van der Waals surface area contributed by atoms with Crippen molar-refractivity contribution in [3.8, 4) is 5.75 Å². The van der Waals surface area contributed by atoms with Crippen molar-refractivity contribution < 1.29 is 19.4 Å². The SMILES string of the molecule is C=CCNC(=O)O.O=C(NCC1(c2ccccc2)CCCCC1)c1ccccc1OC1CC1. The van der Waals surface area contributed by atoms with Gasteiger partial charge in [0.05, 0.1) is 11.7 Å². The number of carboxylic acid groups (broad SMARTS) is 1. The largest absolute Gasteiger partial charge is 0.490 e. The Hall–Kier alpha value is -3.28. The Kier molecular flexibility index (Phi) is 8.93. The third-order valence-corrected chi connectivity index (χ3v) is 6.13. The third kappa shape index (κ3) is 7.38. The van der Waals surface area contributed by atoms with Crippen molar-refractivity contribution in [3.63, 3.8) is 0 Å². The van der Waals surface area contributed by atoms with Gasteiger partial charge < -0.3 is 20.5 Å². The minimum absolute atomic E-state index is 0.0258. The van der Waals surface area contributed by atoms with E-state index in [2.05, 4.69) is 47.5 Å². The summed E-state index contributed by atoms with van der Waals surface area (Å²) in [6.45, 7) is 4.31. The van der Waals surface area contributed by atoms with Gasteiger partial charge in [-0.25, -0.2) is 4.79 Å². The first-order chi connectivity index (χ1) is 16.0. The van der Waals surface area contributed by atoms with E-state index in [0.29, 0.717) is 24.4 Å². The van der Waals surface area contributed by atoms with Gasteiger partial charge in [-0.2, -0.15) is 0 Å². The van der Waals surface area contributed by atoms with Crippen LogP contribution in [0.2, 0.25) is 0 Å². The van der Waals surface area contributed by atoms with E-state index in [1.165, 1.54) is 30.9 Å². The summed E-state index contributed by atoms with van der Waals surface area (Å²) in [7, 11) is 0. The van der Waals surface area contributed by atoms with Crippen LogP contribution in [-0.2, 0) is 5.41 Å². The Balaban J connectivity index is 0.000000383. The van der Waals surface area contributed by atoms with Gasteiger partial charge in [-0.05, 0) is 43.4 Å². The van der Waals surface area contributed by atoms with E-state index in [9.17, 15) is 9.59 Å². The average molecular weight is 451 g/mol. The first-order valence-corrected chi connectivity index (χ1v) is 11.7. The standard InChI is InChI=1S/C23H27NO2.C4H7NO2/c25-22(20-11-5-6-12-21(20)26-19-13-14-19)24-17-23(15-7-2-8-16-23)18-9-3-1-4-10-18;1-2-3-5-4(6)7/h1,3-6,9-12,19H,2,7-8,13-17H2,(H,24,25);2,5H,1,3H2,(H,6,7). The maximum absolute atomic E-state index is 12.9. The summed E-state index contributed by atoms with van der Waals surface area (Å²) in [6.07, 6.45) is 8.96. The van der Waals surface area contributed by atoms with Crippen LogP contribution in [0.15, 0.2) is 67.3 Å². The normalized spacial score (nSPS) is 16.5. The van der Waals surface area contributed by atoms with Crippen LogP contribution in [0.4, 0.5) is 4.79 Å². The monoisotopic (exact) mass is 450 g/mol. The molecular formula is C27H34N2O4. The van der Waals surface area contributed by atoms with Crippen LogP contribution in [-0.4, -0.2) is 36.3 Å². The van der Waals surface area contributed by atoms with Crippen molar-refractivity contribution in [1.29, 1.82) is 0 Å². The maximum Gasteiger partial charge on any atom is 0.404 e. The molecule has 2 saturated carbocycles. The van der Waals surface area contributed by atoms with E-state index in [0.717, 1.165) is 25.7 Å². The van der Waals surface area contributed by atoms with Gasteiger partial charge in [0.15, 0.2) is 0 Å². The molecule has 2 aliphatic carbocycles. The molecule has 0 aromatic heterocycles. The summed E-state index contributed by atoms with van der Waals surface area (Å²) in [4.78, 5) is 22.5. The number of hydrogen-bond acceptors (Lipinski definition) is 3. The van der Waals surface area contributed by atoms with Crippen LogP contribution in [0.3, 0.4) is 0 Å². The molecule has 0 saturated heterocycles. The van der Waals surface area contributed by atoms with E-state index in [4.69, 9.17) is 9.84 Å². The van der Waals surface area contributed by atoms with Crippen molar-refractivity contribution in [1.82, 2.24) is 10.6 Å². The van der Waals surface area contributed by atoms with Crippen LogP contribution in [0.25, 0.3) is 0 Å². The Morgan fingerprint density at radius 2 is 1.67 bits per heavy atom. The molecule has 6 nitrogen and oxygen atoms in total. The predicted octanol–water partition coefficient (Wildman–Crippen LogP) is 5.30. The summed E-state index contributed by atoms with van der Waals surface area (Å²) in [5, 5.41) is 13.2. The highest BCUT2D eigenvalue weighted by molar-refractivity contribution is 5.97. The number of carbonyl (C=O) groups excluding carboxylic acids is 1. The third-order valence-electron chi connectivity index (χ3n) is 6.13. The van der Waals surface area contributed by atoms with E-state index >= 15 is 0 Å². The van der Waals surface area contributed by atoms with Crippen LogP contribution in [0, 0.1) is 0 Å². The molecule has 176 valence electrons. The minimum Gasteiger partial charge on any atom is -0.490 e. The summed E-state index contributed by atoms with van der Waals surface area (Å²) < 4.78 is 5.92. The van der Waals surface area contributed by atoms with Gasteiger partial charge in [-0.3, -0.25) is 4.79 Å². The topological polar surface area (TPSA) is 87.7 Å². The molecule has 2 aliphatic rings. The fourth-order valence-electron chi connectivity index (χ4n) is 4.21. The van der Waals surface area contributed by atoms with E-state index in [1.54, 1.807) is 0 Å². The molecule has 0 unspecified atom stereocenters. The lowest BCUT2D eigenvalue weighted by atomic mass is 9.69. The molecule has 33 heavy (non-hydrogen) atoms. The molecular weight excluding hydrogens is 416 g/mol. The van der Waals surface area contributed by atoms with Gasteiger partial charge in [0.1, 0.15) is 5.75 Å². The van der Waals surface area contributed by atoms with Gasteiger partial charge >= 0.3 is 6.09 Å². The van der Waals surface area contributed by atoms with E-state index < -0.39 is 6.09 Å². The molecule has 0 heterocycles. The van der Waals surface area contributed by atoms with Crippen molar-refractivity contribution >= 4 is 12.0 Å². The van der Waals surface area contributed by atoms with Crippen molar-refractivity contribution in [2.75, 3.05) is 13.1 Å². The zero-order chi connectivity index (χ0) is 23.5. The minimum atomic E-state index is -1.01. The zero-order valence-corrected chi connectivity index (χ0v) is 19.1. The number of ether oxygens (including phenoxy) is 1. The van der Waals surface area contributed by atoms with Crippen molar-refractivity contribution in [2.24, 2.45) is 0 Å². The lowest BCUT2D eigenvalue weighted by Gasteiger charge is -2.38. The fourth-order valence-corrected chi connectivity index (χ4v) is 4.21. The van der Waals surface area contributed by atoms with E-state index in [1.807, 2.05) is 24.3 Å². The Morgan fingerprint density at radius 1 is 1.00 bits per heavy atom. The van der Waals surface area contributed by atoms with Crippen molar-refractivity contribution in [2.45, 2.75) is 56.5 Å². The Bertz CT molecular complexity index is 919. The van der Waals surface area contributed by atoms with Crippen molar-refractivity contribution in [3.05, 3.63) is 78.4 Å². The zero-order valence-electron chi connectivity index (χ0n) is 19.1. The quantitative estimate of drug-likeness (QED) is 0.476. The van der Waals surface area contributed by atoms with Gasteiger partial charge in [0.25, 0.3) is 5.91 Å². The van der Waals surface area contributed by atoms with Gasteiger partial charge in [-0.1, -0.05) is 67.8 Å². The molecule has 0 spiro atoms. The summed E-state index contributed by atoms with van der Waals surface area (Å²) in [6, 6.07) is 18.3. The number of carbonyl (C=O) groups is 2. The van der Waals surface area contributed by atoms with Gasteiger partial charge in [-0.15, -0.1) is 6.58 Å². The molecule has 6 heteroatoms. The number of amides is 2. The fraction of sp³-hybridized carbons (Fsp3) is 0.407. The molecule has 2 aromatic rings. The van der Waals surface area contributed by atoms with Gasteiger partial charge in [0.2, 0.25) is 0 Å². The van der Waals surface area contributed by atoms with Crippen LogP contribution >= 0.6 is 0 Å². The second-order valence-electron chi connectivity index (χ2n) is 8.68. The Morgan fingerprint density at radius 3 is 2.27 bits per heavy atom. The summed E-state index contributed by atoms with van der Waals surface area (Å²) in [5.41, 5.74) is 2.06. The highest BCUT2D eigenvalue weighted by Crippen LogP contribution is 2.39. The molecule has 2 fully saturated rings. The predicted molar refractivity (Wildman–Crippen MR) is 130 cm³/mol. The molecule has 0 radical (unpaired) electrons. The second-order valence-corrected chi connectivity index (χ2v) is 8.68. The molecule has 2 aromatic carbocycles. The molecule has 0 aliphatic heterocycles. The highest BCUT2D eigenvalue weighted by Gasteiger charge is 2.34. The lowest BCUT2D eigenvalue weighted by Crippen LogP contribution is -2.42. The lowest BCUT2D eigenvalue weighted by molar-refractivity contribution is 0.0932. The smallest absolute Gasteiger partial charge is 0.404 e. The number of rotatable bonds is 8. The summed E-state index contributed by atoms with van der Waals surface area (Å²) in [5.74, 6) is 0.687. The van der Waals surface area contributed by atoms with E-state index in [-0.39, 0.29) is 17.4 Å². The summed E-state index contributed by atoms with van der Waals surface area (Å²) >= 11 is 0. The molecule has 4 rings (SSSR count). The van der Waals surface area contributed by atoms with Crippen LogP contribution in [0.5, 0.6) is 5.75 Å². The maximum atomic E-state index is 12.9. The first kappa shape index (κ1) is 24.4. The number of nitrogens with one attached hydrogen (secondary N) is 2.